The summed E-state index contributed by atoms with van der Waals surface area (Å²) in [4.78, 5) is -1.30. The van der Waals surface area contributed by atoms with Gasteiger partial charge in [-0.3, -0.25) is 8.74 Å². The van der Waals surface area contributed by atoms with Crippen molar-refractivity contribution in [2.45, 2.75) is 9.79 Å². The molecular formula is C13H12O6S2. The molecule has 21 heavy (non-hydrogen) atoms. The Hall–Kier alpha value is -1.74. The third kappa shape index (κ3) is 3.13. The minimum atomic E-state index is -4.72. The van der Waals surface area contributed by atoms with Gasteiger partial charge in [-0.15, -0.1) is 6.58 Å². The monoisotopic (exact) mass is 328 g/mol. The van der Waals surface area contributed by atoms with Crippen LogP contribution in [0.25, 0.3) is 10.8 Å². The summed E-state index contributed by atoms with van der Waals surface area (Å²) in [7, 11) is -9.09. The fourth-order valence-electron chi connectivity index (χ4n) is 1.88. The Bertz CT molecular complexity index is 897. The maximum Gasteiger partial charge on any atom is 0.299 e. The second kappa shape index (κ2) is 5.57. The van der Waals surface area contributed by atoms with Crippen molar-refractivity contribution >= 4 is 31.0 Å². The van der Waals surface area contributed by atoms with E-state index in [2.05, 4.69) is 10.8 Å². The van der Waals surface area contributed by atoms with Crippen molar-refractivity contribution < 1.29 is 25.6 Å². The first-order valence-corrected chi connectivity index (χ1v) is 8.62. The Morgan fingerprint density at radius 3 is 2.38 bits per heavy atom. The van der Waals surface area contributed by atoms with Crippen LogP contribution < -0.4 is 0 Å². The summed E-state index contributed by atoms with van der Waals surface area (Å²) < 4.78 is 61.3. The molecule has 0 spiro atoms. The second-order valence-corrected chi connectivity index (χ2v) is 7.06. The first kappa shape index (κ1) is 15.6. The Balaban J connectivity index is 2.89. The van der Waals surface area contributed by atoms with E-state index in [-0.39, 0.29) is 12.0 Å². The van der Waals surface area contributed by atoms with Gasteiger partial charge in [-0.2, -0.15) is 16.8 Å². The highest BCUT2D eigenvalue weighted by Gasteiger charge is 2.28. The predicted molar refractivity (Wildman–Crippen MR) is 77.1 cm³/mol. The maximum atomic E-state index is 12.2. The zero-order chi connectivity index (χ0) is 15.7. The van der Waals surface area contributed by atoms with Gasteiger partial charge in [0.15, 0.2) is 0 Å². The average molecular weight is 328 g/mol. The Labute approximate surface area is 122 Å². The van der Waals surface area contributed by atoms with Crippen LogP contribution in [0.5, 0.6) is 0 Å². The van der Waals surface area contributed by atoms with Gasteiger partial charge in [0.1, 0.15) is 9.79 Å². The van der Waals surface area contributed by atoms with Crippen LogP contribution in [0, 0.1) is 0 Å². The molecular weight excluding hydrogens is 316 g/mol. The molecule has 8 heteroatoms. The molecule has 0 aromatic heterocycles. The minimum absolute atomic E-state index is 0.150. The molecule has 2 aromatic rings. The summed E-state index contributed by atoms with van der Waals surface area (Å²) in [5.41, 5.74) is 0. The molecule has 2 aromatic carbocycles. The van der Waals surface area contributed by atoms with Gasteiger partial charge in [0.25, 0.3) is 20.2 Å². The molecule has 0 aliphatic carbocycles. The molecule has 0 saturated heterocycles. The summed E-state index contributed by atoms with van der Waals surface area (Å²) in [6.07, 6.45) is 1.22. The lowest BCUT2D eigenvalue weighted by Crippen LogP contribution is -2.13. The highest BCUT2D eigenvalue weighted by Crippen LogP contribution is 2.31. The van der Waals surface area contributed by atoms with Gasteiger partial charge in [0.05, 0.1) is 6.61 Å². The van der Waals surface area contributed by atoms with Crippen molar-refractivity contribution in [2.75, 3.05) is 6.61 Å². The van der Waals surface area contributed by atoms with Crippen LogP contribution in [-0.4, -0.2) is 28.0 Å². The van der Waals surface area contributed by atoms with Crippen LogP contribution in [0.1, 0.15) is 0 Å². The number of hydrogen-bond acceptors (Lipinski definition) is 5. The average Bonchev–Trinajstić information content (AvgIpc) is 2.43. The number of rotatable bonds is 5. The standard InChI is InChI=1S/C13H12O6S2/c1-2-9-19-21(17,18)13-11-6-4-3-5-10(11)7-8-12(13)20(14,15)16/h2-8H,1,9H2,(H,14,15,16). The van der Waals surface area contributed by atoms with E-state index in [1.807, 2.05) is 0 Å². The molecule has 0 aliphatic rings. The molecule has 112 valence electrons. The fourth-order valence-corrected chi connectivity index (χ4v) is 4.25. The van der Waals surface area contributed by atoms with Crippen LogP contribution in [0.4, 0.5) is 0 Å². The molecule has 0 unspecified atom stereocenters. The third-order valence-electron chi connectivity index (χ3n) is 2.71. The van der Waals surface area contributed by atoms with Crippen LogP contribution in [0.3, 0.4) is 0 Å². The van der Waals surface area contributed by atoms with E-state index in [0.717, 1.165) is 6.07 Å². The lowest BCUT2D eigenvalue weighted by molar-refractivity contribution is 0.356. The first-order chi connectivity index (χ1) is 9.77. The van der Waals surface area contributed by atoms with Crippen LogP contribution >= 0.6 is 0 Å². The van der Waals surface area contributed by atoms with E-state index in [0.29, 0.717) is 5.39 Å². The molecule has 0 aliphatic heterocycles. The molecule has 0 heterocycles. The molecule has 0 fully saturated rings. The Morgan fingerprint density at radius 1 is 1.10 bits per heavy atom. The lowest BCUT2D eigenvalue weighted by atomic mass is 10.1. The van der Waals surface area contributed by atoms with Gasteiger partial charge >= 0.3 is 0 Å². The number of fused-ring (bicyclic) bond motifs is 1. The van der Waals surface area contributed by atoms with E-state index in [9.17, 15) is 21.4 Å². The van der Waals surface area contributed by atoms with Crippen molar-refractivity contribution in [1.82, 2.24) is 0 Å². The highest BCUT2D eigenvalue weighted by molar-refractivity contribution is 7.89. The lowest BCUT2D eigenvalue weighted by Gasteiger charge is -2.11. The van der Waals surface area contributed by atoms with Gasteiger partial charge < -0.3 is 0 Å². The molecule has 1 N–H and O–H groups in total. The zero-order valence-corrected chi connectivity index (χ0v) is 12.4. The normalized spacial score (nSPS) is 12.4. The summed E-state index contributed by atoms with van der Waals surface area (Å²) in [6, 6.07) is 8.73. The topological polar surface area (TPSA) is 97.7 Å². The van der Waals surface area contributed by atoms with E-state index >= 15 is 0 Å². The van der Waals surface area contributed by atoms with Crippen molar-refractivity contribution in [1.29, 1.82) is 0 Å². The van der Waals surface area contributed by atoms with E-state index in [1.165, 1.54) is 18.2 Å². The molecule has 2 rings (SSSR count). The van der Waals surface area contributed by atoms with Gasteiger partial charge in [0.2, 0.25) is 0 Å². The van der Waals surface area contributed by atoms with E-state index < -0.39 is 30.0 Å². The van der Waals surface area contributed by atoms with Crippen molar-refractivity contribution in [3.05, 3.63) is 49.1 Å². The summed E-state index contributed by atoms with van der Waals surface area (Å²) >= 11 is 0. The molecule has 0 atom stereocenters. The van der Waals surface area contributed by atoms with Crippen LogP contribution in [-0.2, 0) is 24.4 Å². The van der Waals surface area contributed by atoms with Crippen LogP contribution in [0.15, 0.2) is 58.8 Å². The zero-order valence-electron chi connectivity index (χ0n) is 10.8. The van der Waals surface area contributed by atoms with Crippen molar-refractivity contribution in [2.24, 2.45) is 0 Å². The largest absolute Gasteiger partial charge is 0.299 e. The maximum absolute atomic E-state index is 12.2. The molecule has 0 bridgehead atoms. The SMILES string of the molecule is C=CCOS(=O)(=O)c1c(S(=O)(=O)O)ccc2ccccc12. The Morgan fingerprint density at radius 2 is 1.76 bits per heavy atom. The highest BCUT2D eigenvalue weighted by atomic mass is 32.2. The first-order valence-electron chi connectivity index (χ1n) is 5.77. The third-order valence-corrected chi connectivity index (χ3v) is 5.12. The molecule has 0 saturated carbocycles. The summed E-state index contributed by atoms with van der Waals surface area (Å²) in [6.45, 7) is 3.02. The minimum Gasteiger partial charge on any atom is -0.282 e. The number of hydrogen-bond donors (Lipinski definition) is 1. The number of benzene rings is 2. The summed E-state index contributed by atoms with van der Waals surface area (Å²) in [5, 5.41) is 0.655. The quantitative estimate of drug-likeness (QED) is 0.512. The second-order valence-electron chi connectivity index (χ2n) is 4.12. The van der Waals surface area contributed by atoms with Gasteiger partial charge in [-0.25, -0.2) is 0 Å². The summed E-state index contributed by atoms with van der Waals surface area (Å²) in [5.74, 6) is 0. The van der Waals surface area contributed by atoms with E-state index in [1.54, 1.807) is 18.2 Å². The fraction of sp³-hybridized carbons (Fsp3) is 0.0769. The molecule has 6 nitrogen and oxygen atoms in total. The van der Waals surface area contributed by atoms with Gasteiger partial charge in [-0.05, 0) is 11.5 Å². The molecule has 0 radical (unpaired) electrons. The van der Waals surface area contributed by atoms with Crippen molar-refractivity contribution in [3.63, 3.8) is 0 Å². The molecule has 0 amide bonds. The Kier molecular flexibility index (Phi) is 4.15. The van der Waals surface area contributed by atoms with Gasteiger partial charge in [-0.1, -0.05) is 36.4 Å². The predicted octanol–water partition coefficient (Wildman–Crippen LogP) is 1.98. The smallest absolute Gasteiger partial charge is 0.282 e. The van der Waals surface area contributed by atoms with Crippen molar-refractivity contribution in [3.8, 4) is 0 Å². The van der Waals surface area contributed by atoms with Gasteiger partial charge in [0, 0.05) is 5.39 Å². The van der Waals surface area contributed by atoms with Crippen LogP contribution in [0.2, 0.25) is 0 Å². The van der Waals surface area contributed by atoms with E-state index in [4.69, 9.17) is 0 Å².